The maximum absolute atomic E-state index is 13.1. The molecule has 0 fully saturated rings. The van der Waals surface area contributed by atoms with Crippen molar-refractivity contribution >= 4 is 0 Å². The zero-order chi connectivity index (χ0) is 9.84. The number of nitrogens with zero attached hydrogens (tertiary/aromatic N) is 1. The first kappa shape index (κ1) is 9.49. The molecule has 1 atom stereocenters. The first-order valence-corrected chi connectivity index (χ1v) is 3.76. The van der Waals surface area contributed by atoms with Gasteiger partial charge in [0, 0.05) is 11.6 Å². The Labute approximate surface area is 75.2 Å². The second-order valence-electron chi connectivity index (χ2n) is 2.65. The summed E-state index contributed by atoms with van der Waals surface area (Å²) in [6.07, 6.45) is 0.0281. The van der Waals surface area contributed by atoms with Crippen LogP contribution in [0, 0.1) is 17.1 Å². The summed E-state index contributed by atoms with van der Waals surface area (Å²) in [5.41, 5.74) is 5.67. The van der Waals surface area contributed by atoms with E-state index in [0.29, 0.717) is 0 Å². The number of aromatic hydroxyl groups is 1. The molecule has 0 aliphatic carbocycles. The minimum Gasteiger partial charge on any atom is -0.505 e. The van der Waals surface area contributed by atoms with Gasteiger partial charge in [-0.25, -0.2) is 4.39 Å². The van der Waals surface area contributed by atoms with Crippen LogP contribution in [0.1, 0.15) is 18.0 Å². The normalized spacial score (nSPS) is 12.1. The van der Waals surface area contributed by atoms with E-state index in [2.05, 4.69) is 0 Å². The van der Waals surface area contributed by atoms with Crippen LogP contribution in [0.3, 0.4) is 0 Å². The number of halogens is 1. The van der Waals surface area contributed by atoms with Gasteiger partial charge < -0.3 is 10.8 Å². The van der Waals surface area contributed by atoms with Crippen LogP contribution in [0.4, 0.5) is 4.39 Å². The molecule has 4 heteroatoms. The van der Waals surface area contributed by atoms with Gasteiger partial charge in [-0.3, -0.25) is 0 Å². The van der Waals surface area contributed by atoms with E-state index in [0.717, 1.165) is 0 Å². The fraction of sp³-hybridized carbons (Fsp3) is 0.222. The molecule has 0 aliphatic rings. The van der Waals surface area contributed by atoms with Gasteiger partial charge in [-0.15, -0.1) is 0 Å². The number of phenolic OH excluding ortho intramolecular Hbond substituents is 1. The molecule has 0 saturated heterocycles. The number of phenols is 1. The predicted octanol–water partition coefficient (Wildman–Crippen LogP) is 1.44. The Morgan fingerprint density at radius 3 is 2.92 bits per heavy atom. The second kappa shape index (κ2) is 3.87. The van der Waals surface area contributed by atoms with Gasteiger partial charge in [0.05, 0.1) is 12.5 Å². The molecule has 1 aromatic carbocycles. The fourth-order valence-electron chi connectivity index (χ4n) is 1.03. The lowest BCUT2D eigenvalue weighted by atomic mass is 10.0. The molecule has 0 spiro atoms. The van der Waals surface area contributed by atoms with Crippen LogP contribution < -0.4 is 5.73 Å². The van der Waals surface area contributed by atoms with Crippen LogP contribution in [0.2, 0.25) is 0 Å². The third-order valence-corrected chi connectivity index (χ3v) is 1.72. The maximum Gasteiger partial charge on any atom is 0.169 e. The molecule has 3 nitrogen and oxygen atoms in total. The van der Waals surface area contributed by atoms with Crippen molar-refractivity contribution in [2.24, 2.45) is 5.73 Å². The summed E-state index contributed by atoms with van der Waals surface area (Å²) in [6, 6.07) is 5.34. The average molecular weight is 180 g/mol. The smallest absolute Gasteiger partial charge is 0.169 e. The monoisotopic (exact) mass is 180 g/mol. The molecule has 0 aromatic heterocycles. The SMILES string of the molecule is N#CCC(N)c1cccc(O)c1F. The standard InChI is InChI=1S/C9H9FN2O/c10-9-6(7(12)4-5-11)2-1-3-8(9)13/h1-3,7,13H,4,12H2. The predicted molar refractivity (Wildman–Crippen MR) is 45.2 cm³/mol. The summed E-state index contributed by atoms with van der Waals surface area (Å²) in [4.78, 5) is 0. The van der Waals surface area contributed by atoms with Crippen molar-refractivity contribution in [2.45, 2.75) is 12.5 Å². The topological polar surface area (TPSA) is 70.0 Å². The highest BCUT2D eigenvalue weighted by molar-refractivity contribution is 5.32. The first-order valence-electron chi connectivity index (χ1n) is 3.76. The molecule has 0 heterocycles. The highest BCUT2D eigenvalue weighted by Gasteiger charge is 2.13. The summed E-state index contributed by atoms with van der Waals surface area (Å²) in [5.74, 6) is -1.18. The maximum atomic E-state index is 13.1. The van der Waals surface area contributed by atoms with Crippen molar-refractivity contribution in [3.63, 3.8) is 0 Å². The minimum absolute atomic E-state index is 0.0281. The molecule has 1 unspecified atom stereocenters. The van der Waals surface area contributed by atoms with Crippen molar-refractivity contribution in [3.05, 3.63) is 29.6 Å². The largest absolute Gasteiger partial charge is 0.505 e. The molecule has 0 bridgehead atoms. The lowest BCUT2D eigenvalue weighted by Gasteiger charge is -2.09. The number of benzene rings is 1. The Hall–Kier alpha value is -1.60. The summed E-state index contributed by atoms with van der Waals surface area (Å²) >= 11 is 0. The van der Waals surface area contributed by atoms with E-state index in [-0.39, 0.29) is 12.0 Å². The van der Waals surface area contributed by atoms with Gasteiger partial charge in [0.1, 0.15) is 0 Å². The molecule has 0 amide bonds. The molecular weight excluding hydrogens is 171 g/mol. The summed E-state index contributed by atoms with van der Waals surface area (Å²) in [7, 11) is 0. The van der Waals surface area contributed by atoms with E-state index >= 15 is 0 Å². The Morgan fingerprint density at radius 2 is 2.31 bits per heavy atom. The molecule has 0 saturated carbocycles. The Balaban J connectivity index is 3.02. The first-order chi connectivity index (χ1) is 6.16. The number of nitriles is 1. The van der Waals surface area contributed by atoms with Gasteiger partial charge in [-0.2, -0.15) is 5.26 Å². The van der Waals surface area contributed by atoms with E-state index in [1.165, 1.54) is 18.2 Å². The van der Waals surface area contributed by atoms with Gasteiger partial charge in [-0.05, 0) is 6.07 Å². The molecular formula is C9H9FN2O. The van der Waals surface area contributed by atoms with Crippen molar-refractivity contribution in [2.75, 3.05) is 0 Å². The van der Waals surface area contributed by atoms with Crippen LogP contribution in [0.15, 0.2) is 18.2 Å². The van der Waals surface area contributed by atoms with E-state index in [9.17, 15) is 4.39 Å². The molecule has 0 aliphatic heterocycles. The highest BCUT2D eigenvalue weighted by atomic mass is 19.1. The summed E-state index contributed by atoms with van der Waals surface area (Å²) in [6.45, 7) is 0. The van der Waals surface area contributed by atoms with Gasteiger partial charge in [0.25, 0.3) is 0 Å². The Morgan fingerprint density at radius 1 is 1.62 bits per heavy atom. The lowest BCUT2D eigenvalue weighted by Crippen LogP contribution is -2.11. The Kier molecular flexibility index (Phi) is 2.83. The van der Waals surface area contributed by atoms with Gasteiger partial charge in [0.2, 0.25) is 0 Å². The molecule has 0 radical (unpaired) electrons. The highest BCUT2D eigenvalue weighted by Crippen LogP contribution is 2.23. The summed E-state index contributed by atoms with van der Waals surface area (Å²) in [5, 5.41) is 17.3. The molecule has 3 N–H and O–H groups in total. The van der Waals surface area contributed by atoms with Gasteiger partial charge >= 0.3 is 0 Å². The number of hydrogen-bond donors (Lipinski definition) is 2. The van der Waals surface area contributed by atoms with E-state index in [1.54, 1.807) is 0 Å². The lowest BCUT2D eigenvalue weighted by molar-refractivity contribution is 0.425. The van der Waals surface area contributed by atoms with Crippen molar-refractivity contribution in [3.8, 4) is 11.8 Å². The quantitative estimate of drug-likeness (QED) is 0.723. The third-order valence-electron chi connectivity index (χ3n) is 1.72. The second-order valence-corrected chi connectivity index (χ2v) is 2.65. The minimum atomic E-state index is -0.745. The molecule has 68 valence electrons. The molecule has 1 aromatic rings. The van der Waals surface area contributed by atoms with Crippen LogP contribution in [0.25, 0.3) is 0 Å². The average Bonchev–Trinajstić information content (AvgIpc) is 2.10. The molecule has 1 rings (SSSR count). The van der Waals surface area contributed by atoms with Crippen LogP contribution in [-0.2, 0) is 0 Å². The van der Waals surface area contributed by atoms with Crippen molar-refractivity contribution in [1.82, 2.24) is 0 Å². The van der Waals surface area contributed by atoms with Gasteiger partial charge in [0.15, 0.2) is 11.6 Å². The van der Waals surface area contributed by atoms with E-state index < -0.39 is 17.6 Å². The van der Waals surface area contributed by atoms with Crippen molar-refractivity contribution in [1.29, 1.82) is 5.26 Å². The van der Waals surface area contributed by atoms with Gasteiger partial charge in [-0.1, -0.05) is 12.1 Å². The number of hydrogen-bond acceptors (Lipinski definition) is 3. The number of nitrogens with two attached hydrogens (primary N) is 1. The van der Waals surface area contributed by atoms with Crippen molar-refractivity contribution < 1.29 is 9.50 Å². The fourth-order valence-corrected chi connectivity index (χ4v) is 1.03. The van der Waals surface area contributed by atoms with Crippen LogP contribution in [-0.4, -0.2) is 5.11 Å². The number of rotatable bonds is 2. The zero-order valence-corrected chi connectivity index (χ0v) is 6.87. The summed E-state index contributed by atoms with van der Waals surface area (Å²) < 4.78 is 13.1. The van der Waals surface area contributed by atoms with E-state index in [1.807, 2.05) is 6.07 Å². The van der Waals surface area contributed by atoms with Crippen LogP contribution >= 0.6 is 0 Å². The third kappa shape index (κ3) is 1.95. The van der Waals surface area contributed by atoms with Crippen LogP contribution in [0.5, 0.6) is 5.75 Å². The zero-order valence-electron chi connectivity index (χ0n) is 6.87. The Bertz CT molecular complexity index is 346. The molecule has 13 heavy (non-hydrogen) atoms. The van der Waals surface area contributed by atoms with E-state index in [4.69, 9.17) is 16.1 Å².